The number of aliphatic hydroxyl groups excluding tert-OH is 1. The second-order valence-electron chi connectivity index (χ2n) is 4.84. The molecule has 1 aromatic rings. The molecule has 0 spiro atoms. The van der Waals surface area contributed by atoms with Gasteiger partial charge in [0.1, 0.15) is 5.75 Å². The highest BCUT2D eigenvalue weighted by atomic mass is 16.5. The number of urea groups is 1. The van der Waals surface area contributed by atoms with Crippen LogP contribution in [0, 0.1) is 0 Å². The van der Waals surface area contributed by atoms with Crippen LogP contribution in [0.3, 0.4) is 0 Å². The molecule has 1 atom stereocenters. The Labute approximate surface area is 119 Å². The number of anilines is 1. The fourth-order valence-electron chi connectivity index (χ4n) is 2.56. The Kier molecular flexibility index (Phi) is 4.49. The Balaban J connectivity index is 2.36. The van der Waals surface area contributed by atoms with E-state index in [2.05, 4.69) is 0 Å². The predicted molar refractivity (Wildman–Crippen MR) is 78.2 cm³/mol. The number of fused-ring (bicyclic) bond motifs is 1. The summed E-state index contributed by atoms with van der Waals surface area (Å²) >= 11 is 0. The van der Waals surface area contributed by atoms with E-state index in [4.69, 9.17) is 4.74 Å². The molecule has 0 saturated heterocycles. The molecule has 1 aliphatic heterocycles. The number of ether oxygens (including phenoxy) is 1. The Morgan fingerprint density at radius 1 is 1.45 bits per heavy atom. The van der Waals surface area contributed by atoms with Crippen molar-refractivity contribution in [1.29, 1.82) is 0 Å². The second kappa shape index (κ2) is 6.13. The Bertz CT molecular complexity index is 486. The molecule has 1 unspecified atom stereocenters. The third-order valence-electron chi connectivity index (χ3n) is 3.78. The Morgan fingerprint density at radius 2 is 2.15 bits per heavy atom. The van der Waals surface area contributed by atoms with Crippen molar-refractivity contribution in [2.45, 2.75) is 26.4 Å². The first-order valence-electron chi connectivity index (χ1n) is 7.04. The molecule has 1 heterocycles. The van der Waals surface area contributed by atoms with E-state index in [1.807, 2.05) is 32.0 Å². The zero-order chi connectivity index (χ0) is 14.7. The summed E-state index contributed by atoms with van der Waals surface area (Å²) in [6.07, 6.45) is 0.00791. The summed E-state index contributed by atoms with van der Waals surface area (Å²) in [5, 5.41) is 10.1. The molecule has 110 valence electrons. The van der Waals surface area contributed by atoms with Crippen LogP contribution in [0.15, 0.2) is 18.2 Å². The van der Waals surface area contributed by atoms with Gasteiger partial charge in [-0.2, -0.15) is 0 Å². The van der Waals surface area contributed by atoms with Crippen molar-refractivity contribution >= 4 is 11.7 Å². The van der Waals surface area contributed by atoms with Crippen molar-refractivity contribution in [2.75, 3.05) is 31.6 Å². The molecule has 0 aliphatic carbocycles. The fraction of sp³-hybridized carbons (Fsp3) is 0.533. The van der Waals surface area contributed by atoms with E-state index in [0.717, 1.165) is 11.3 Å². The van der Waals surface area contributed by atoms with E-state index in [0.29, 0.717) is 31.8 Å². The van der Waals surface area contributed by atoms with Gasteiger partial charge in [-0.25, -0.2) is 4.79 Å². The highest BCUT2D eigenvalue weighted by Gasteiger charge is 2.29. The smallest absolute Gasteiger partial charge is 0.324 e. The van der Waals surface area contributed by atoms with Crippen molar-refractivity contribution in [2.24, 2.45) is 0 Å². The van der Waals surface area contributed by atoms with Gasteiger partial charge in [-0.15, -0.1) is 0 Å². The molecule has 0 fully saturated rings. The van der Waals surface area contributed by atoms with Gasteiger partial charge in [0.15, 0.2) is 0 Å². The summed E-state index contributed by atoms with van der Waals surface area (Å²) in [5.41, 5.74) is 1.54. The summed E-state index contributed by atoms with van der Waals surface area (Å²) in [7, 11) is 1.59. The molecule has 20 heavy (non-hydrogen) atoms. The second-order valence-corrected chi connectivity index (χ2v) is 4.84. The summed E-state index contributed by atoms with van der Waals surface area (Å²) < 4.78 is 5.19. The van der Waals surface area contributed by atoms with E-state index in [9.17, 15) is 9.90 Å². The largest absolute Gasteiger partial charge is 0.497 e. The average Bonchev–Trinajstić information content (AvgIpc) is 2.48. The van der Waals surface area contributed by atoms with Crippen LogP contribution >= 0.6 is 0 Å². The molecule has 1 N–H and O–H groups in total. The lowest BCUT2D eigenvalue weighted by Gasteiger charge is -2.35. The van der Waals surface area contributed by atoms with Crippen molar-refractivity contribution < 1.29 is 14.6 Å². The van der Waals surface area contributed by atoms with Crippen LogP contribution in [0.4, 0.5) is 10.5 Å². The van der Waals surface area contributed by atoms with Crippen LogP contribution in [0.25, 0.3) is 0 Å². The predicted octanol–water partition coefficient (Wildman–Crippen LogP) is 2.40. The molecule has 0 radical (unpaired) electrons. The van der Waals surface area contributed by atoms with E-state index in [1.54, 1.807) is 16.9 Å². The zero-order valence-corrected chi connectivity index (χ0v) is 12.3. The third kappa shape index (κ3) is 2.58. The minimum atomic E-state index is -0.541. The highest BCUT2D eigenvalue weighted by Crippen LogP contribution is 2.36. The average molecular weight is 278 g/mol. The molecule has 5 nitrogen and oxygen atoms in total. The summed E-state index contributed by atoms with van der Waals surface area (Å²) in [4.78, 5) is 16.1. The summed E-state index contributed by atoms with van der Waals surface area (Å²) in [5.74, 6) is 0.694. The zero-order valence-electron chi connectivity index (χ0n) is 12.3. The van der Waals surface area contributed by atoms with Gasteiger partial charge in [0.2, 0.25) is 0 Å². The number of amides is 2. The van der Waals surface area contributed by atoms with Crippen LogP contribution in [-0.2, 0) is 0 Å². The van der Waals surface area contributed by atoms with Crippen LogP contribution in [0.1, 0.15) is 31.9 Å². The third-order valence-corrected chi connectivity index (χ3v) is 3.78. The molecule has 0 aromatic heterocycles. The van der Waals surface area contributed by atoms with Crippen molar-refractivity contribution in [3.63, 3.8) is 0 Å². The lowest BCUT2D eigenvalue weighted by molar-refractivity contribution is 0.161. The topological polar surface area (TPSA) is 53.0 Å². The number of hydrogen-bond acceptors (Lipinski definition) is 3. The van der Waals surface area contributed by atoms with Crippen LogP contribution < -0.4 is 9.64 Å². The minimum absolute atomic E-state index is 0.00619. The van der Waals surface area contributed by atoms with Gasteiger partial charge in [-0.05, 0) is 38.5 Å². The molecule has 2 rings (SSSR count). The number of carbonyl (C=O) groups excluding carboxylic acids is 1. The number of methoxy groups -OCH3 is 1. The summed E-state index contributed by atoms with van der Waals surface area (Å²) in [6, 6.07) is 5.47. The molecule has 2 amide bonds. The Hall–Kier alpha value is -1.75. The minimum Gasteiger partial charge on any atom is -0.497 e. The maximum Gasteiger partial charge on any atom is 0.324 e. The molecule has 0 saturated carbocycles. The lowest BCUT2D eigenvalue weighted by Crippen LogP contribution is -2.45. The number of nitrogens with zero attached hydrogens (tertiary/aromatic N) is 2. The first-order chi connectivity index (χ1) is 9.62. The maximum absolute atomic E-state index is 12.5. The molecule has 1 aromatic carbocycles. The van der Waals surface area contributed by atoms with E-state index in [1.165, 1.54) is 0 Å². The van der Waals surface area contributed by atoms with Gasteiger partial charge in [0.05, 0.1) is 18.9 Å². The first kappa shape index (κ1) is 14.7. The molecule has 0 bridgehead atoms. The first-order valence-corrected chi connectivity index (χ1v) is 7.04. The standard InChI is InChI=1S/C15H22N2O3/c1-4-16(5-2)15(19)17-9-8-14(18)12-10-11(20-3)6-7-13(12)17/h6-7,10,14,18H,4-5,8-9H2,1-3H3. The van der Waals surface area contributed by atoms with Gasteiger partial charge in [-0.1, -0.05) is 0 Å². The van der Waals surface area contributed by atoms with Crippen LogP contribution in [0.2, 0.25) is 0 Å². The van der Waals surface area contributed by atoms with E-state index >= 15 is 0 Å². The molecular weight excluding hydrogens is 256 g/mol. The SMILES string of the molecule is CCN(CC)C(=O)N1CCC(O)c2cc(OC)ccc21. The van der Waals surface area contributed by atoms with Gasteiger partial charge >= 0.3 is 6.03 Å². The normalized spacial score (nSPS) is 17.6. The number of hydrogen-bond donors (Lipinski definition) is 1. The number of aliphatic hydroxyl groups is 1. The molecule has 5 heteroatoms. The van der Waals surface area contributed by atoms with E-state index < -0.39 is 6.10 Å². The van der Waals surface area contributed by atoms with E-state index in [-0.39, 0.29) is 6.03 Å². The Morgan fingerprint density at radius 3 is 2.75 bits per heavy atom. The monoisotopic (exact) mass is 278 g/mol. The lowest BCUT2D eigenvalue weighted by atomic mass is 9.98. The van der Waals surface area contributed by atoms with Gasteiger partial charge in [-0.3, -0.25) is 4.90 Å². The summed E-state index contributed by atoms with van der Waals surface area (Å²) in [6.45, 7) is 5.83. The quantitative estimate of drug-likeness (QED) is 0.923. The molecule has 1 aliphatic rings. The maximum atomic E-state index is 12.5. The van der Waals surface area contributed by atoms with Gasteiger partial charge in [0, 0.05) is 25.2 Å². The van der Waals surface area contributed by atoms with Gasteiger partial charge < -0.3 is 14.7 Å². The van der Waals surface area contributed by atoms with Crippen molar-refractivity contribution in [3.8, 4) is 5.75 Å². The number of rotatable bonds is 3. The van der Waals surface area contributed by atoms with Crippen LogP contribution in [-0.4, -0.2) is 42.8 Å². The van der Waals surface area contributed by atoms with Gasteiger partial charge in [0.25, 0.3) is 0 Å². The fourth-order valence-corrected chi connectivity index (χ4v) is 2.56. The van der Waals surface area contributed by atoms with Crippen molar-refractivity contribution in [3.05, 3.63) is 23.8 Å². The van der Waals surface area contributed by atoms with Crippen LogP contribution in [0.5, 0.6) is 5.75 Å². The highest BCUT2D eigenvalue weighted by molar-refractivity contribution is 5.93. The number of benzene rings is 1. The molecular formula is C15H22N2O3. The number of carbonyl (C=O) groups is 1. The van der Waals surface area contributed by atoms with Crippen molar-refractivity contribution in [1.82, 2.24) is 4.90 Å².